The quantitative estimate of drug-likeness (QED) is 0.772. The summed E-state index contributed by atoms with van der Waals surface area (Å²) in [5.74, 6) is -0.205. The molecule has 0 saturated carbocycles. The van der Waals surface area contributed by atoms with Gasteiger partial charge in [-0.15, -0.1) is 0 Å². The molecule has 2 rings (SSSR count). The van der Waals surface area contributed by atoms with Gasteiger partial charge < -0.3 is 20.6 Å². The molecule has 1 aromatic heterocycles. The standard InChI is InChI=1S/C16H14N4O3/c1-7-4-9(13(21)14(23-3)8(7)2)12-10(5-17)15(19)20-16(22)11(12)6-18/h4,21H,1-3H3,(H3,19,20,22). The Labute approximate surface area is 132 Å². The maximum atomic E-state index is 12.0. The first-order valence-electron chi connectivity index (χ1n) is 6.60. The number of H-pyrrole nitrogens is 1. The van der Waals surface area contributed by atoms with Gasteiger partial charge >= 0.3 is 0 Å². The molecule has 7 heteroatoms. The Hall–Kier alpha value is -3.45. The fraction of sp³-hybridized carbons (Fsp3) is 0.188. The molecule has 0 amide bonds. The molecule has 0 aliphatic carbocycles. The Balaban J connectivity index is 3.06. The van der Waals surface area contributed by atoms with E-state index >= 15 is 0 Å². The number of aromatic amines is 1. The minimum atomic E-state index is -0.726. The van der Waals surface area contributed by atoms with E-state index in [1.807, 2.05) is 6.07 Å². The largest absolute Gasteiger partial charge is 0.504 e. The normalized spacial score (nSPS) is 9.96. The van der Waals surface area contributed by atoms with Crippen molar-refractivity contribution in [1.29, 1.82) is 10.5 Å². The van der Waals surface area contributed by atoms with Crippen LogP contribution in [0.25, 0.3) is 11.1 Å². The average Bonchev–Trinajstić information content (AvgIpc) is 2.51. The van der Waals surface area contributed by atoms with Crippen LogP contribution in [0.15, 0.2) is 10.9 Å². The Morgan fingerprint density at radius 1 is 1.26 bits per heavy atom. The molecule has 0 aliphatic heterocycles. The molecule has 0 aliphatic rings. The number of phenolic OH excluding ortho intramolecular Hbond substituents is 1. The number of nitriles is 2. The van der Waals surface area contributed by atoms with Crippen LogP contribution in [-0.2, 0) is 0 Å². The third-order valence-electron chi connectivity index (χ3n) is 3.70. The van der Waals surface area contributed by atoms with Crippen molar-refractivity contribution in [3.05, 3.63) is 38.7 Å². The maximum absolute atomic E-state index is 12.0. The number of nitrogen functional groups attached to an aromatic ring is 1. The van der Waals surface area contributed by atoms with E-state index < -0.39 is 5.56 Å². The van der Waals surface area contributed by atoms with E-state index in [0.717, 1.165) is 5.56 Å². The van der Waals surface area contributed by atoms with Crippen LogP contribution in [0.5, 0.6) is 11.5 Å². The topological polar surface area (TPSA) is 136 Å². The summed E-state index contributed by atoms with van der Waals surface area (Å²) in [6, 6.07) is 5.21. The van der Waals surface area contributed by atoms with Crippen LogP contribution < -0.4 is 16.0 Å². The predicted octanol–water partition coefficient (Wildman–Crippen LogP) is 1.70. The maximum Gasteiger partial charge on any atom is 0.268 e. The fourth-order valence-corrected chi connectivity index (χ4v) is 2.43. The lowest BCUT2D eigenvalue weighted by molar-refractivity contribution is 0.371. The Morgan fingerprint density at radius 3 is 2.39 bits per heavy atom. The number of rotatable bonds is 2. The first-order chi connectivity index (χ1) is 10.9. The number of ether oxygens (including phenoxy) is 1. The molecule has 0 saturated heterocycles. The van der Waals surface area contributed by atoms with Crippen LogP contribution in [-0.4, -0.2) is 17.2 Å². The number of aryl methyl sites for hydroxylation is 1. The number of nitrogens with zero attached hydrogens (tertiary/aromatic N) is 2. The van der Waals surface area contributed by atoms with Gasteiger partial charge in [-0.25, -0.2) is 0 Å². The van der Waals surface area contributed by atoms with E-state index in [-0.39, 0.29) is 39.6 Å². The lowest BCUT2D eigenvalue weighted by Gasteiger charge is -2.16. The molecule has 116 valence electrons. The number of methoxy groups -OCH3 is 1. The highest BCUT2D eigenvalue weighted by Crippen LogP contribution is 2.43. The summed E-state index contributed by atoms with van der Waals surface area (Å²) < 4.78 is 5.19. The summed E-state index contributed by atoms with van der Waals surface area (Å²) in [5, 5.41) is 29.1. The van der Waals surface area contributed by atoms with E-state index in [9.17, 15) is 20.4 Å². The van der Waals surface area contributed by atoms with Gasteiger partial charge in [-0.05, 0) is 31.0 Å². The number of aromatic hydroxyl groups is 1. The minimum Gasteiger partial charge on any atom is -0.504 e. The summed E-state index contributed by atoms with van der Waals surface area (Å²) in [6.07, 6.45) is 0. The van der Waals surface area contributed by atoms with Crippen molar-refractivity contribution < 1.29 is 9.84 Å². The summed E-state index contributed by atoms with van der Waals surface area (Å²) in [6.45, 7) is 3.55. The molecule has 0 atom stereocenters. The highest BCUT2D eigenvalue weighted by Gasteiger charge is 2.23. The number of anilines is 1. The molecule has 23 heavy (non-hydrogen) atoms. The van der Waals surface area contributed by atoms with E-state index in [0.29, 0.717) is 5.56 Å². The fourth-order valence-electron chi connectivity index (χ4n) is 2.43. The minimum absolute atomic E-state index is 0.00449. The number of pyridine rings is 1. The number of phenols is 1. The molecule has 0 radical (unpaired) electrons. The molecule has 0 fully saturated rings. The molecule has 1 heterocycles. The molecule has 0 spiro atoms. The average molecular weight is 310 g/mol. The Morgan fingerprint density at radius 2 is 1.87 bits per heavy atom. The smallest absolute Gasteiger partial charge is 0.268 e. The number of nitrogens with two attached hydrogens (primary N) is 1. The van der Waals surface area contributed by atoms with E-state index in [4.69, 9.17) is 10.5 Å². The molecule has 1 aromatic carbocycles. The van der Waals surface area contributed by atoms with Crippen LogP contribution in [0.1, 0.15) is 22.3 Å². The highest BCUT2D eigenvalue weighted by molar-refractivity contribution is 5.85. The van der Waals surface area contributed by atoms with Gasteiger partial charge in [-0.3, -0.25) is 4.79 Å². The molecule has 0 bridgehead atoms. The van der Waals surface area contributed by atoms with E-state index in [1.54, 1.807) is 26.0 Å². The first kappa shape index (κ1) is 15.9. The van der Waals surface area contributed by atoms with Crippen molar-refractivity contribution in [2.24, 2.45) is 0 Å². The molecule has 2 aromatic rings. The molecule has 4 N–H and O–H groups in total. The van der Waals surface area contributed by atoms with Gasteiger partial charge in [-0.2, -0.15) is 10.5 Å². The molecule has 7 nitrogen and oxygen atoms in total. The number of hydrogen-bond acceptors (Lipinski definition) is 6. The van der Waals surface area contributed by atoms with Crippen molar-refractivity contribution in [3.63, 3.8) is 0 Å². The molecule has 0 unspecified atom stereocenters. The lowest BCUT2D eigenvalue weighted by atomic mass is 9.92. The monoisotopic (exact) mass is 310 g/mol. The summed E-state index contributed by atoms with van der Waals surface area (Å²) >= 11 is 0. The summed E-state index contributed by atoms with van der Waals surface area (Å²) in [5.41, 5.74) is 6.20. The predicted molar refractivity (Wildman–Crippen MR) is 84.0 cm³/mol. The zero-order valence-electron chi connectivity index (χ0n) is 12.8. The number of benzene rings is 1. The van der Waals surface area contributed by atoms with Gasteiger partial charge in [0.25, 0.3) is 5.56 Å². The third-order valence-corrected chi connectivity index (χ3v) is 3.70. The SMILES string of the molecule is COc1c(C)c(C)cc(-c2c(C#N)c(N)[nH]c(=O)c2C#N)c1O. The molecular formula is C16H14N4O3. The molecular weight excluding hydrogens is 296 g/mol. The van der Waals surface area contributed by atoms with Crippen LogP contribution in [0, 0.1) is 36.5 Å². The number of aromatic nitrogens is 1. The second-order valence-electron chi connectivity index (χ2n) is 4.96. The third kappa shape index (κ3) is 2.34. The van der Waals surface area contributed by atoms with Crippen molar-refractivity contribution in [1.82, 2.24) is 4.98 Å². The Kier molecular flexibility index (Phi) is 3.98. The van der Waals surface area contributed by atoms with Crippen molar-refractivity contribution in [3.8, 4) is 34.8 Å². The van der Waals surface area contributed by atoms with Crippen LogP contribution in [0.4, 0.5) is 5.82 Å². The first-order valence-corrected chi connectivity index (χ1v) is 6.60. The summed E-state index contributed by atoms with van der Waals surface area (Å²) in [7, 11) is 1.40. The second-order valence-corrected chi connectivity index (χ2v) is 4.96. The van der Waals surface area contributed by atoms with E-state index in [2.05, 4.69) is 4.98 Å². The van der Waals surface area contributed by atoms with Crippen molar-refractivity contribution in [2.45, 2.75) is 13.8 Å². The second kappa shape index (κ2) is 5.74. The summed E-state index contributed by atoms with van der Waals surface area (Å²) in [4.78, 5) is 14.2. The van der Waals surface area contributed by atoms with Crippen LogP contribution in [0.2, 0.25) is 0 Å². The zero-order valence-corrected chi connectivity index (χ0v) is 12.8. The van der Waals surface area contributed by atoms with Gasteiger partial charge in [0.05, 0.1) is 7.11 Å². The zero-order chi connectivity index (χ0) is 17.3. The highest BCUT2D eigenvalue weighted by atomic mass is 16.5. The van der Waals surface area contributed by atoms with Gasteiger partial charge in [0.15, 0.2) is 11.5 Å². The van der Waals surface area contributed by atoms with Crippen LogP contribution >= 0.6 is 0 Å². The van der Waals surface area contributed by atoms with Crippen LogP contribution in [0.3, 0.4) is 0 Å². The van der Waals surface area contributed by atoms with Gasteiger partial charge in [0, 0.05) is 11.1 Å². The number of nitrogens with one attached hydrogen (secondary N) is 1. The van der Waals surface area contributed by atoms with E-state index in [1.165, 1.54) is 7.11 Å². The van der Waals surface area contributed by atoms with Crippen molar-refractivity contribution in [2.75, 3.05) is 12.8 Å². The van der Waals surface area contributed by atoms with Gasteiger partial charge in [0.1, 0.15) is 29.1 Å². The lowest BCUT2D eigenvalue weighted by Crippen LogP contribution is -2.16. The van der Waals surface area contributed by atoms with Crippen molar-refractivity contribution >= 4 is 5.82 Å². The van der Waals surface area contributed by atoms with Gasteiger partial charge in [-0.1, -0.05) is 0 Å². The number of hydrogen-bond donors (Lipinski definition) is 3. The van der Waals surface area contributed by atoms with Gasteiger partial charge in [0.2, 0.25) is 0 Å². The Bertz CT molecular complexity index is 946.